The van der Waals surface area contributed by atoms with E-state index in [0.29, 0.717) is 31.5 Å². The average Bonchev–Trinajstić information content (AvgIpc) is 2.77. The molecule has 134 valence electrons. The predicted octanol–water partition coefficient (Wildman–Crippen LogP) is 2.38. The summed E-state index contributed by atoms with van der Waals surface area (Å²) in [5.41, 5.74) is 0.865. The van der Waals surface area contributed by atoms with E-state index < -0.39 is 10.8 Å². The molecule has 24 heavy (non-hydrogen) atoms. The van der Waals surface area contributed by atoms with Gasteiger partial charge in [-0.1, -0.05) is 0 Å². The van der Waals surface area contributed by atoms with Crippen molar-refractivity contribution in [1.82, 2.24) is 5.32 Å². The van der Waals surface area contributed by atoms with Crippen molar-refractivity contribution in [1.29, 1.82) is 0 Å². The second kappa shape index (κ2) is 8.37. The summed E-state index contributed by atoms with van der Waals surface area (Å²) in [7, 11) is 0.820. The summed E-state index contributed by atoms with van der Waals surface area (Å²) in [5, 5.41) is 6.40. The highest BCUT2D eigenvalue weighted by Crippen LogP contribution is 2.32. The molecule has 2 rings (SSSR count). The van der Waals surface area contributed by atoms with Crippen LogP contribution >= 0.6 is 0 Å². The van der Waals surface area contributed by atoms with Gasteiger partial charge in [0, 0.05) is 53.1 Å². The molecular weight excluding hydrogens is 326 g/mol. The highest BCUT2D eigenvalue weighted by atomic mass is 32.2. The smallest absolute Gasteiger partial charge is 0.195 e. The minimum Gasteiger partial charge on any atom is -0.490 e. The van der Waals surface area contributed by atoms with Crippen LogP contribution in [0.2, 0.25) is 0 Å². The Morgan fingerprint density at radius 3 is 2.62 bits per heavy atom. The lowest BCUT2D eigenvalue weighted by Crippen LogP contribution is -2.36. The van der Waals surface area contributed by atoms with Crippen LogP contribution in [-0.2, 0) is 10.8 Å². The third-order valence-electron chi connectivity index (χ3n) is 3.50. The number of benzene rings is 1. The standard InChI is InChI=1S/C17H27N3O3S/c1-17(2,3)24(21)11-8-19-16(18-4)20-13-6-7-14-15(12-13)23-10-5-9-22-14/h6-7,12H,5,8-11H2,1-4H3,(H2,18,19,20). The van der Waals surface area contributed by atoms with Crippen molar-refractivity contribution in [2.75, 3.05) is 37.9 Å². The van der Waals surface area contributed by atoms with Crippen molar-refractivity contribution in [3.63, 3.8) is 0 Å². The molecule has 7 heteroatoms. The Kier molecular flexibility index (Phi) is 6.48. The summed E-state index contributed by atoms with van der Waals surface area (Å²) in [6, 6.07) is 5.72. The number of hydrogen-bond donors (Lipinski definition) is 2. The molecule has 1 heterocycles. The zero-order valence-corrected chi connectivity index (χ0v) is 15.7. The Hall–Kier alpha value is -1.76. The van der Waals surface area contributed by atoms with Crippen LogP contribution in [0.3, 0.4) is 0 Å². The number of nitrogens with zero attached hydrogens (tertiary/aromatic N) is 1. The maximum Gasteiger partial charge on any atom is 0.195 e. The summed E-state index contributed by atoms with van der Waals surface area (Å²) in [5.74, 6) is 2.71. The van der Waals surface area contributed by atoms with Gasteiger partial charge in [0.2, 0.25) is 0 Å². The molecule has 0 bridgehead atoms. The van der Waals surface area contributed by atoms with Crippen LogP contribution in [0.4, 0.5) is 5.69 Å². The SMILES string of the molecule is CN=C(NCCS(=O)C(C)(C)C)Nc1ccc2c(c1)OCCCO2. The van der Waals surface area contributed by atoms with Crippen LogP contribution in [0.25, 0.3) is 0 Å². The third-order valence-corrected chi connectivity index (χ3v) is 5.44. The number of anilines is 1. The van der Waals surface area contributed by atoms with Gasteiger partial charge >= 0.3 is 0 Å². The Morgan fingerprint density at radius 2 is 1.96 bits per heavy atom. The van der Waals surface area contributed by atoms with Crippen molar-refractivity contribution in [3.8, 4) is 11.5 Å². The van der Waals surface area contributed by atoms with Crippen molar-refractivity contribution in [2.45, 2.75) is 31.9 Å². The molecule has 1 aromatic rings. The van der Waals surface area contributed by atoms with Crippen LogP contribution in [0.1, 0.15) is 27.2 Å². The van der Waals surface area contributed by atoms with E-state index in [1.54, 1.807) is 7.05 Å². The first-order valence-electron chi connectivity index (χ1n) is 8.16. The second-order valence-electron chi connectivity index (χ2n) is 6.50. The molecule has 1 unspecified atom stereocenters. The van der Waals surface area contributed by atoms with Gasteiger partial charge < -0.3 is 20.1 Å². The quantitative estimate of drug-likeness (QED) is 0.642. The summed E-state index contributed by atoms with van der Waals surface area (Å²) in [4.78, 5) is 4.20. The fourth-order valence-electron chi connectivity index (χ4n) is 2.13. The van der Waals surface area contributed by atoms with Crippen LogP contribution in [-0.4, -0.2) is 47.5 Å². The second-order valence-corrected chi connectivity index (χ2v) is 8.82. The lowest BCUT2D eigenvalue weighted by Gasteiger charge is -2.18. The molecule has 0 saturated heterocycles. The van der Waals surface area contributed by atoms with Gasteiger partial charge in [-0.2, -0.15) is 0 Å². The number of fused-ring (bicyclic) bond motifs is 1. The summed E-state index contributed by atoms with van der Waals surface area (Å²) >= 11 is 0. The van der Waals surface area contributed by atoms with E-state index in [1.165, 1.54) is 0 Å². The highest BCUT2D eigenvalue weighted by Gasteiger charge is 2.18. The minimum absolute atomic E-state index is 0.201. The number of hydrogen-bond acceptors (Lipinski definition) is 4. The molecule has 0 aromatic heterocycles. The Morgan fingerprint density at radius 1 is 1.25 bits per heavy atom. The summed E-state index contributed by atoms with van der Waals surface area (Å²) < 4.78 is 23.2. The number of guanidine groups is 1. The fourth-order valence-corrected chi connectivity index (χ4v) is 3.03. The molecule has 2 N–H and O–H groups in total. The molecule has 1 aliphatic heterocycles. The summed E-state index contributed by atoms with van der Waals surface area (Å²) in [6.07, 6.45) is 0.881. The molecule has 1 aromatic carbocycles. The van der Waals surface area contributed by atoms with Crippen LogP contribution < -0.4 is 20.1 Å². The zero-order valence-electron chi connectivity index (χ0n) is 14.8. The van der Waals surface area contributed by atoms with E-state index in [4.69, 9.17) is 9.47 Å². The van der Waals surface area contributed by atoms with Crippen molar-refractivity contribution < 1.29 is 13.7 Å². The molecule has 0 spiro atoms. The zero-order chi connectivity index (χ0) is 17.6. The van der Waals surface area contributed by atoms with E-state index in [0.717, 1.165) is 23.6 Å². The largest absolute Gasteiger partial charge is 0.490 e. The van der Waals surface area contributed by atoms with Gasteiger partial charge in [0.25, 0.3) is 0 Å². The van der Waals surface area contributed by atoms with Crippen LogP contribution in [0.5, 0.6) is 11.5 Å². The van der Waals surface area contributed by atoms with E-state index in [2.05, 4.69) is 15.6 Å². The molecule has 0 amide bonds. The molecule has 6 nitrogen and oxygen atoms in total. The highest BCUT2D eigenvalue weighted by molar-refractivity contribution is 7.86. The van der Waals surface area contributed by atoms with Gasteiger partial charge in [0.15, 0.2) is 17.5 Å². The first kappa shape index (κ1) is 18.6. The van der Waals surface area contributed by atoms with Gasteiger partial charge in [-0.3, -0.25) is 9.20 Å². The lowest BCUT2D eigenvalue weighted by molar-refractivity contribution is 0.297. The maximum atomic E-state index is 12.1. The van der Waals surface area contributed by atoms with Crippen molar-refractivity contribution in [2.24, 2.45) is 4.99 Å². The monoisotopic (exact) mass is 353 g/mol. The normalized spacial score (nSPS) is 16.2. The van der Waals surface area contributed by atoms with E-state index >= 15 is 0 Å². The van der Waals surface area contributed by atoms with Gasteiger partial charge in [-0.05, 0) is 32.9 Å². The molecule has 1 atom stereocenters. The molecular formula is C17H27N3O3S. The van der Waals surface area contributed by atoms with Gasteiger partial charge in [0.1, 0.15) is 0 Å². The van der Waals surface area contributed by atoms with Gasteiger partial charge in [-0.25, -0.2) is 0 Å². The first-order chi connectivity index (χ1) is 11.4. The number of ether oxygens (including phenoxy) is 2. The Bertz CT molecular complexity index is 612. The topological polar surface area (TPSA) is 72.0 Å². The molecule has 0 radical (unpaired) electrons. The minimum atomic E-state index is -0.888. The maximum absolute atomic E-state index is 12.1. The van der Waals surface area contributed by atoms with Crippen molar-refractivity contribution in [3.05, 3.63) is 18.2 Å². The third kappa shape index (κ3) is 5.40. The van der Waals surface area contributed by atoms with Gasteiger partial charge in [-0.15, -0.1) is 0 Å². The average molecular weight is 353 g/mol. The number of rotatable bonds is 4. The Labute approximate surface area is 146 Å². The lowest BCUT2D eigenvalue weighted by atomic mass is 10.3. The van der Waals surface area contributed by atoms with Crippen LogP contribution in [0.15, 0.2) is 23.2 Å². The van der Waals surface area contributed by atoms with Crippen molar-refractivity contribution >= 4 is 22.4 Å². The first-order valence-corrected chi connectivity index (χ1v) is 9.48. The predicted molar refractivity (Wildman–Crippen MR) is 99.8 cm³/mol. The number of nitrogens with one attached hydrogen (secondary N) is 2. The van der Waals surface area contributed by atoms with E-state index in [-0.39, 0.29) is 4.75 Å². The fraction of sp³-hybridized carbons (Fsp3) is 0.588. The molecule has 0 aliphatic carbocycles. The van der Waals surface area contributed by atoms with E-state index in [9.17, 15) is 4.21 Å². The van der Waals surface area contributed by atoms with Crippen LogP contribution in [0, 0.1) is 0 Å². The molecule has 0 saturated carbocycles. The number of aliphatic imine (C=N–C) groups is 1. The van der Waals surface area contributed by atoms with E-state index in [1.807, 2.05) is 39.0 Å². The van der Waals surface area contributed by atoms with Gasteiger partial charge in [0.05, 0.1) is 13.2 Å². The molecule has 1 aliphatic rings. The summed E-state index contributed by atoms with van der Waals surface area (Å²) in [6.45, 7) is 7.86. The molecule has 0 fully saturated rings. The Balaban J connectivity index is 1.91.